The van der Waals surface area contributed by atoms with Crippen LogP contribution < -0.4 is 4.90 Å². The lowest BCUT2D eigenvalue weighted by molar-refractivity contribution is 0.395. The van der Waals surface area contributed by atoms with Crippen LogP contribution >= 0.6 is 23.2 Å². The normalized spacial score (nSPS) is 19.0. The van der Waals surface area contributed by atoms with Gasteiger partial charge >= 0.3 is 0 Å². The molecule has 1 aliphatic heterocycles. The third-order valence-electron chi connectivity index (χ3n) is 5.33. The van der Waals surface area contributed by atoms with Crippen molar-refractivity contribution >= 4 is 40.5 Å². The van der Waals surface area contributed by atoms with Crippen LogP contribution in [0.15, 0.2) is 36.4 Å². The molecule has 0 unspecified atom stereocenters. The summed E-state index contributed by atoms with van der Waals surface area (Å²) in [5.74, 6) is 0.432. The van der Waals surface area contributed by atoms with Crippen LogP contribution in [-0.2, 0) is 0 Å². The highest BCUT2D eigenvalue weighted by Gasteiger charge is 2.34. The minimum Gasteiger partial charge on any atom is -0.369 e. The molecular formula is C22H22Cl2N2. The van der Waals surface area contributed by atoms with Crippen molar-refractivity contribution in [1.82, 2.24) is 0 Å². The van der Waals surface area contributed by atoms with Gasteiger partial charge in [0.05, 0.1) is 11.6 Å². The number of anilines is 1. The Hall–Kier alpha value is -1.95. The Labute approximate surface area is 165 Å². The van der Waals surface area contributed by atoms with Gasteiger partial charge in [-0.3, -0.25) is 0 Å². The molecule has 3 rings (SSSR count). The van der Waals surface area contributed by atoms with Crippen molar-refractivity contribution in [2.45, 2.75) is 38.6 Å². The van der Waals surface area contributed by atoms with Crippen LogP contribution in [0.25, 0.3) is 11.6 Å². The SMILES string of the molecule is C[C@@H]1CC(C)(C)N(C)c2cc(Cl)c(/C=C(/C#N)c3ccc(Cl)cc3)cc21. The lowest BCUT2D eigenvalue weighted by Crippen LogP contribution is -2.45. The van der Waals surface area contributed by atoms with Gasteiger partial charge < -0.3 is 4.90 Å². The van der Waals surface area contributed by atoms with Crippen molar-refractivity contribution < 1.29 is 0 Å². The zero-order valence-corrected chi connectivity index (χ0v) is 17.0. The summed E-state index contributed by atoms with van der Waals surface area (Å²) in [6.07, 6.45) is 2.93. The fourth-order valence-corrected chi connectivity index (χ4v) is 4.02. The monoisotopic (exact) mass is 384 g/mol. The standard InChI is InChI=1S/C22H22Cl2N2/c1-14-12-22(2,3)26(4)21-11-20(24)16(10-19(14)21)9-17(13-25)15-5-7-18(23)8-6-15/h5-11,14H,12H2,1-4H3/b17-9-/t14-/m1/s1. The van der Waals surface area contributed by atoms with Gasteiger partial charge in [0.15, 0.2) is 0 Å². The number of hydrogen-bond donors (Lipinski definition) is 0. The molecule has 0 amide bonds. The van der Waals surface area contributed by atoms with Crippen LogP contribution in [0.1, 0.15) is 49.8 Å². The van der Waals surface area contributed by atoms with E-state index in [2.05, 4.69) is 44.9 Å². The summed E-state index contributed by atoms with van der Waals surface area (Å²) < 4.78 is 0. The number of allylic oxidation sites excluding steroid dienone is 1. The second-order valence-electron chi connectivity index (χ2n) is 7.59. The molecule has 1 aliphatic rings. The maximum Gasteiger partial charge on any atom is 0.0998 e. The molecule has 0 bridgehead atoms. The summed E-state index contributed by atoms with van der Waals surface area (Å²) in [7, 11) is 2.12. The predicted molar refractivity (Wildman–Crippen MR) is 112 cm³/mol. The van der Waals surface area contributed by atoms with Gasteiger partial charge in [0, 0.05) is 28.3 Å². The molecule has 0 aliphatic carbocycles. The van der Waals surface area contributed by atoms with Gasteiger partial charge in [0.1, 0.15) is 0 Å². The quantitative estimate of drug-likeness (QED) is 0.421. The molecule has 0 spiro atoms. The molecule has 26 heavy (non-hydrogen) atoms. The summed E-state index contributed by atoms with van der Waals surface area (Å²) >= 11 is 12.5. The molecule has 0 saturated carbocycles. The number of nitriles is 1. The average molecular weight is 385 g/mol. The molecule has 1 heterocycles. The molecular weight excluding hydrogens is 363 g/mol. The van der Waals surface area contributed by atoms with Crippen LogP contribution in [0, 0.1) is 11.3 Å². The van der Waals surface area contributed by atoms with E-state index in [-0.39, 0.29) is 5.54 Å². The molecule has 134 valence electrons. The number of benzene rings is 2. The van der Waals surface area contributed by atoms with Crippen LogP contribution in [0.3, 0.4) is 0 Å². The first-order valence-electron chi connectivity index (χ1n) is 8.68. The number of halogens is 2. The second-order valence-corrected chi connectivity index (χ2v) is 8.43. The number of rotatable bonds is 2. The summed E-state index contributed by atoms with van der Waals surface area (Å²) in [6, 6.07) is 13.7. The Morgan fingerprint density at radius 3 is 2.50 bits per heavy atom. The Morgan fingerprint density at radius 2 is 1.88 bits per heavy atom. The lowest BCUT2D eigenvalue weighted by Gasteiger charge is -2.45. The Morgan fingerprint density at radius 1 is 1.23 bits per heavy atom. The fraction of sp³-hybridized carbons (Fsp3) is 0.318. The predicted octanol–water partition coefficient (Wildman–Crippen LogP) is 6.78. The minimum absolute atomic E-state index is 0.0915. The molecule has 0 N–H and O–H groups in total. The molecule has 0 aromatic heterocycles. The van der Waals surface area contributed by atoms with Crippen LogP contribution in [0.2, 0.25) is 10.0 Å². The maximum absolute atomic E-state index is 9.60. The highest BCUT2D eigenvalue weighted by atomic mass is 35.5. The molecule has 1 atom stereocenters. The Bertz CT molecular complexity index is 905. The molecule has 0 fully saturated rings. The summed E-state index contributed by atoms with van der Waals surface area (Å²) in [5, 5.41) is 10.9. The van der Waals surface area contributed by atoms with Crippen molar-refractivity contribution in [2.75, 3.05) is 11.9 Å². The number of nitrogens with zero attached hydrogens (tertiary/aromatic N) is 2. The zero-order chi connectivity index (χ0) is 19.1. The van der Waals surface area contributed by atoms with Crippen molar-refractivity contribution in [3.8, 4) is 6.07 Å². The molecule has 2 aromatic carbocycles. The van der Waals surface area contributed by atoms with Gasteiger partial charge in [-0.15, -0.1) is 0 Å². The van der Waals surface area contributed by atoms with Gasteiger partial charge in [-0.25, -0.2) is 0 Å². The van der Waals surface area contributed by atoms with Gasteiger partial charge in [-0.05, 0) is 73.2 Å². The third-order valence-corrected chi connectivity index (χ3v) is 5.91. The first-order valence-corrected chi connectivity index (χ1v) is 9.43. The van der Waals surface area contributed by atoms with Crippen molar-refractivity contribution in [1.29, 1.82) is 5.26 Å². The average Bonchev–Trinajstić information content (AvgIpc) is 2.59. The molecule has 4 heteroatoms. The van der Waals surface area contributed by atoms with E-state index in [0.29, 0.717) is 21.5 Å². The van der Waals surface area contributed by atoms with E-state index >= 15 is 0 Å². The highest BCUT2D eigenvalue weighted by Crippen LogP contribution is 2.44. The van der Waals surface area contributed by atoms with Crippen LogP contribution in [0.4, 0.5) is 5.69 Å². The first-order chi connectivity index (χ1) is 12.2. The highest BCUT2D eigenvalue weighted by molar-refractivity contribution is 6.32. The van der Waals surface area contributed by atoms with Crippen molar-refractivity contribution in [3.63, 3.8) is 0 Å². The smallest absolute Gasteiger partial charge is 0.0998 e. The summed E-state index contributed by atoms with van der Waals surface area (Å²) in [6.45, 7) is 6.75. The van der Waals surface area contributed by atoms with E-state index in [4.69, 9.17) is 23.2 Å². The number of hydrogen-bond acceptors (Lipinski definition) is 2. The zero-order valence-electron chi connectivity index (χ0n) is 15.5. The van der Waals surface area contributed by atoms with E-state index in [1.807, 2.05) is 24.3 Å². The molecule has 0 radical (unpaired) electrons. The van der Waals surface area contributed by atoms with Crippen LogP contribution in [0.5, 0.6) is 0 Å². The van der Waals surface area contributed by atoms with Crippen molar-refractivity contribution in [2.24, 2.45) is 0 Å². The minimum atomic E-state index is 0.0915. The summed E-state index contributed by atoms with van der Waals surface area (Å²) in [4.78, 5) is 2.30. The van der Waals surface area contributed by atoms with Crippen molar-refractivity contribution in [3.05, 3.63) is 63.1 Å². The number of fused-ring (bicyclic) bond motifs is 1. The topological polar surface area (TPSA) is 27.0 Å². The lowest BCUT2D eigenvalue weighted by atomic mass is 9.80. The van der Waals surface area contributed by atoms with Gasteiger partial charge in [-0.1, -0.05) is 42.3 Å². The third kappa shape index (κ3) is 3.47. The molecule has 2 nitrogen and oxygen atoms in total. The van der Waals surface area contributed by atoms with Gasteiger partial charge in [0.2, 0.25) is 0 Å². The first kappa shape index (κ1) is 18.8. The van der Waals surface area contributed by atoms with E-state index in [9.17, 15) is 5.26 Å². The van der Waals surface area contributed by atoms with E-state index < -0.39 is 0 Å². The largest absolute Gasteiger partial charge is 0.369 e. The molecule has 0 saturated heterocycles. The summed E-state index contributed by atoms with van der Waals surface area (Å²) in [5.41, 5.74) is 4.81. The van der Waals surface area contributed by atoms with Crippen LogP contribution in [-0.4, -0.2) is 12.6 Å². The van der Waals surface area contributed by atoms with Gasteiger partial charge in [-0.2, -0.15) is 5.26 Å². The van der Waals surface area contributed by atoms with E-state index in [1.54, 1.807) is 12.1 Å². The fourth-order valence-electron chi connectivity index (χ4n) is 3.68. The molecule has 2 aromatic rings. The van der Waals surface area contributed by atoms with E-state index in [1.165, 1.54) is 11.3 Å². The van der Waals surface area contributed by atoms with E-state index in [0.717, 1.165) is 17.5 Å². The second kappa shape index (κ2) is 6.99. The maximum atomic E-state index is 9.60. The Balaban J connectivity index is 2.08. The Kier molecular flexibility index (Phi) is 5.06. The van der Waals surface area contributed by atoms with Gasteiger partial charge in [0.25, 0.3) is 0 Å².